The Morgan fingerprint density at radius 1 is 0.733 bits per heavy atom. The number of ether oxygens (including phenoxy) is 2. The molecular formula is C36H34N2O5S2. The Hall–Kier alpha value is -4.44. The fourth-order valence-electron chi connectivity index (χ4n) is 5.51. The summed E-state index contributed by atoms with van der Waals surface area (Å²) in [5, 5.41) is -0.879. The van der Waals surface area contributed by atoms with Crippen molar-refractivity contribution in [2.24, 2.45) is 0 Å². The average Bonchev–Trinajstić information content (AvgIpc) is 3.07. The first-order valence-electron chi connectivity index (χ1n) is 14.6. The van der Waals surface area contributed by atoms with E-state index in [4.69, 9.17) is 9.47 Å². The summed E-state index contributed by atoms with van der Waals surface area (Å²) in [6.07, 6.45) is 0.281. The van der Waals surface area contributed by atoms with Crippen LogP contribution in [0.25, 0.3) is 11.1 Å². The summed E-state index contributed by atoms with van der Waals surface area (Å²) in [5.41, 5.74) is 7.08. The molecule has 1 atom stereocenters. The third kappa shape index (κ3) is 6.38. The van der Waals surface area contributed by atoms with Gasteiger partial charge in [-0.3, -0.25) is 4.55 Å². The van der Waals surface area contributed by atoms with E-state index in [1.165, 1.54) is 0 Å². The quantitative estimate of drug-likeness (QED) is 0.152. The Balaban J connectivity index is 1.40. The molecule has 0 bridgehead atoms. The number of benzene rings is 5. The van der Waals surface area contributed by atoms with Crippen molar-refractivity contribution >= 4 is 50.3 Å². The normalized spacial score (nSPS) is 13.0. The van der Waals surface area contributed by atoms with Gasteiger partial charge in [-0.2, -0.15) is 8.42 Å². The van der Waals surface area contributed by atoms with Gasteiger partial charge in [-0.1, -0.05) is 48.2 Å². The average molecular weight is 639 g/mol. The summed E-state index contributed by atoms with van der Waals surface area (Å²) in [6.45, 7) is 1.98. The Bertz CT molecular complexity index is 1850. The van der Waals surface area contributed by atoms with Crippen molar-refractivity contribution in [3.63, 3.8) is 0 Å². The fraction of sp³-hybridized carbons (Fsp3) is 0.167. The predicted octanol–water partition coefficient (Wildman–Crippen LogP) is 9.11. The molecule has 1 N–H and O–H groups in total. The molecule has 0 amide bonds. The van der Waals surface area contributed by atoms with Gasteiger partial charge in [0, 0.05) is 39.0 Å². The van der Waals surface area contributed by atoms with Gasteiger partial charge < -0.3 is 19.3 Å². The molecule has 9 heteroatoms. The molecule has 1 unspecified atom stereocenters. The third-order valence-electron chi connectivity index (χ3n) is 8.01. The van der Waals surface area contributed by atoms with Gasteiger partial charge in [0.2, 0.25) is 0 Å². The second kappa shape index (κ2) is 12.9. The molecule has 0 aromatic heterocycles. The number of nitrogens with zero attached hydrogens (tertiary/aromatic N) is 2. The highest BCUT2D eigenvalue weighted by atomic mass is 32.2. The van der Waals surface area contributed by atoms with Gasteiger partial charge in [0.15, 0.2) is 0 Å². The van der Waals surface area contributed by atoms with Crippen molar-refractivity contribution in [1.29, 1.82) is 0 Å². The van der Waals surface area contributed by atoms with Crippen LogP contribution in [0.4, 0.5) is 28.4 Å². The van der Waals surface area contributed by atoms with Crippen molar-refractivity contribution < 1.29 is 22.4 Å². The van der Waals surface area contributed by atoms with Crippen LogP contribution >= 0.6 is 11.8 Å². The monoisotopic (exact) mass is 638 g/mol. The number of fused-ring (bicyclic) bond motifs is 2. The zero-order valence-electron chi connectivity index (χ0n) is 25.3. The van der Waals surface area contributed by atoms with Crippen LogP contribution in [0.1, 0.15) is 13.3 Å². The molecule has 0 spiro atoms. The molecule has 7 nitrogen and oxygen atoms in total. The molecular weight excluding hydrogens is 605 g/mol. The second-order valence-corrected chi connectivity index (χ2v) is 13.7. The van der Waals surface area contributed by atoms with E-state index in [1.807, 2.05) is 60.7 Å². The van der Waals surface area contributed by atoms with E-state index in [-0.39, 0.29) is 6.42 Å². The van der Waals surface area contributed by atoms with E-state index >= 15 is 0 Å². The van der Waals surface area contributed by atoms with Crippen LogP contribution < -0.4 is 19.3 Å². The molecule has 1 heterocycles. The van der Waals surface area contributed by atoms with Crippen molar-refractivity contribution in [1.82, 2.24) is 0 Å². The van der Waals surface area contributed by atoms with Crippen LogP contribution in [0.2, 0.25) is 0 Å². The van der Waals surface area contributed by atoms with E-state index in [0.717, 1.165) is 60.9 Å². The van der Waals surface area contributed by atoms with E-state index in [1.54, 1.807) is 32.9 Å². The Morgan fingerprint density at radius 3 is 1.82 bits per heavy atom. The zero-order valence-corrected chi connectivity index (χ0v) is 26.9. The molecule has 0 radical (unpaired) electrons. The molecule has 230 valence electrons. The summed E-state index contributed by atoms with van der Waals surface area (Å²) in [4.78, 5) is 6.56. The topological polar surface area (TPSA) is 79.3 Å². The molecule has 1 aliphatic rings. The maximum absolute atomic E-state index is 11.9. The van der Waals surface area contributed by atoms with E-state index in [2.05, 4.69) is 64.4 Å². The molecule has 5 aromatic rings. The first kappa shape index (κ1) is 30.6. The lowest BCUT2D eigenvalue weighted by Gasteiger charge is -2.35. The highest BCUT2D eigenvalue weighted by Gasteiger charge is 2.28. The number of para-hydroxylation sites is 2. The van der Waals surface area contributed by atoms with Crippen molar-refractivity contribution in [2.75, 3.05) is 30.6 Å². The van der Waals surface area contributed by atoms with E-state index < -0.39 is 15.4 Å². The Labute approximate surface area is 268 Å². The predicted molar refractivity (Wildman–Crippen MR) is 183 cm³/mol. The van der Waals surface area contributed by atoms with Gasteiger partial charge in [-0.05, 0) is 97.8 Å². The number of anilines is 5. The van der Waals surface area contributed by atoms with Crippen molar-refractivity contribution in [2.45, 2.75) is 28.4 Å². The second-order valence-electron chi connectivity index (χ2n) is 10.8. The van der Waals surface area contributed by atoms with Crippen molar-refractivity contribution in [3.8, 4) is 22.6 Å². The molecule has 0 fully saturated rings. The first-order valence-corrected chi connectivity index (χ1v) is 16.9. The summed E-state index contributed by atoms with van der Waals surface area (Å²) < 4.78 is 44.2. The van der Waals surface area contributed by atoms with Crippen LogP contribution in [0.5, 0.6) is 11.5 Å². The third-order valence-corrected chi connectivity index (χ3v) is 10.4. The highest BCUT2D eigenvalue weighted by molar-refractivity contribution is 7.99. The number of hydrogen-bond donors (Lipinski definition) is 1. The molecule has 45 heavy (non-hydrogen) atoms. The smallest absolute Gasteiger partial charge is 0.267 e. The Morgan fingerprint density at radius 2 is 1.27 bits per heavy atom. The molecule has 6 rings (SSSR count). The lowest BCUT2D eigenvalue weighted by atomic mass is 10.0. The maximum atomic E-state index is 11.9. The highest BCUT2D eigenvalue weighted by Crippen LogP contribution is 2.52. The largest absolute Gasteiger partial charge is 0.497 e. The molecule has 5 aromatic carbocycles. The molecule has 0 aliphatic carbocycles. The molecule has 0 saturated heterocycles. The minimum absolute atomic E-state index is 0.281. The number of methoxy groups -OCH3 is 2. The van der Waals surface area contributed by atoms with Gasteiger partial charge >= 0.3 is 0 Å². The summed E-state index contributed by atoms with van der Waals surface area (Å²) in [6, 6.07) is 38.8. The fourth-order valence-corrected chi connectivity index (χ4v) is 7.05. The zero-order chi connectivity index (χ0) is 31.6. The van der Waals surface area contributed by atoms with Gasteiger partial charge in [0.1, 0.15) is 11.5 Å². The Kier molecular flexibility index (Phi) is 8.76. The lowest BCUT2D eigenvalue weighted by molar-refractivity contribution is 0.415. The van der Waals surface area contributed by atoms with Gasteiger partial charge in [-0.15, -0.1) is 0 Å². The standard InChI is InChI=1S/C36H34N2O5S2/c1-25(45(39,40)41)23-24-37-33-8-4-5-9-34(33)44-35-10-6-7-32(36(35)37)26-11-13-27(14-12-26)38(28-15-19-30(42-2)20-16-28)29-17-21-31(43-3)22-18-29/h4-22,25H,23-24H2,1-3H3,(H,39,40,41). The van der Waals surface area contributed by atoms with Gasteiger partial charge in [-0.25, -0.2) is 0 Å². The lowest BCUT2D eigenvalue weighted by Crippen LogP contribution is -2.27. The minimum Gasteiger partial charge on any atom is -0.497 e. The van der Waals surface area contributed by atoms with E-state index in [0.29, 0.717) is 6.54 Å². The van der Waals surface area contributed by atoms with E-state index in [9.17, 15) is 13.0 Å². The first-order chi connectivity index (χ1) is 21.8. The minimum atomic E-state index is -4.14. The SMILES string of the molecule is COc1ccc(N(c2ccc(OC)cc2)c2ccc(-c3cccc4c3N(CCC(C)S(=O)(=O)O)c3ccccc3S4)cc2)cc1. The summed E-state index contributed by atoms with van der Waals surface area (Å²) in [5.74, 6) is 1.57. The molecule has 0 saturated carbocycles. The van der Waals surface area contributed by atoms with Crippen LogP contribution in [0.15, 0.2) is 125 Å². The van der Waals surface area contributed by atoms with Crippen LogP contribution in [0, 0.1) is 0 Å². The number of rotatable bonds is 10. The number of hydrogen-bond acceptors (Lipinski definition) is 7. The van der Waals surface area contributed by atoms with Crippen LogP contribution in [-0.4, -0.2) is 39.0 Å². The molecule has 1 aliphatic heterocycles. The van der Waals surface area contributed by atoms with Gasteiger partial charge in [0.25, 0.3) is 10.1 Å². The van der Waals surface area contributed by atoms with Crippen LogP contribution in [-0.2, 0) is 10.1 Å². The van der Waals surface area contributed by atoms with Crippen LogP contribution in [0.3, 0.4) is 0 Å². The summed E-state index contributed by atoms with van der Waals surface area (Å²) in [7, 11) is -0.823. The maximum Gasteiger partial charge on any atom is 0.267 e. The van der Waals surface area contributed by atoms with Crippen molar-refractivity contribution in [3.05, 3.63) is 115 Å². The summed E-state index contributed by atoms with van der Waals surface area (Å²) >= 11 is 1.71. The van der Waals surface area contributed by atoms with Gasteiger partial charge in [0.05, 0.1) is 30.8 Å².